The molecule has 0 radical (unpaired) electrons. The number of phenols is 1. The van der Waals surface area contributed by atoms with E-state index in [0.29, 0.717) is 5.56 Å². The van der Waals surface area contributed by atoms with E-state index in [1.54, 1.807) is 6.92 Å². The highest BCUT2D eigenvalue weighted by Gasteiger charge is 2.16. The molecule has 0 spiro atoms. The van der Waals surface area contributed by atoms with Gasteiger partial charge in [-0.2, -0.15) is 0 Å². The van der Waals surface area contributed by atoms with Gasteiger partial charge >= 0.3 is 0 Å². The Balaban J connectivity index is 2.19. The first-order valence-corrected chi connectivity index (χ1v) is 7.30. The van der Waals surface area contributed by atoms with E-state index in [1.807, 2.05) is 30.3 Å². The fourth-order valence-corrected chi connectivity index (χ4v) is 3.03. The fourth-order valence-electron chi connectivity index (χ4n) is 1.79. The quantitative estimate of drug-likeness (QED) is 0.900. The minimum Gasteiger partial charge on any atom is -0.508 e. The lowest BCUT2D eigenvalue weighted by Crippen LogP contribution is -2.23. The maximum absolute atomic E-state index is 12.1. The number of hydrogen-bond acceptors (Lipinski definition) is 3. The average molecular weight is 277 g/mol. The molecular weight excluding hydrogens is 262 g/mol. The monoisotopic (exact) mass is 277 g/mol. The first-order chi connectivity index (χ1) is 8.99. The molecule has 0 aliphatic heterocycles. The number of aryl methyl sites for hydroxylation is 1. The molecule has 2 aromatic rings. The normalized spacial score (nSPS) is 11.4. The van der Waals surface area contributed by atoms with Gasteiger partial charge in [0, 0.05) is 6.54 Å². The zero-order valence-corrected chi connectivity index (χ0v) is 11.3. The second-order valence-corrected chi connectivity index (χ2v) is 6.00. The summed E-state index contributed by atoms with van der Waals surface area (Å²) in [5.41, 5.74) is 1.41. The van der Waals surface area contributed by atoms with Gasteiger partial charge < -0.3 is 5.11 Å². The van der Waals surface area contributed by atoms with Crippen molar-refractivity contribution in [2.24, 2.45) is 0 Å². The topological polar surface area (TPSA) is 66.4 Å². The van der Waals surface area contributed by atoms with E-state index in [4.69, 9.17) is 0 Å². The molecule has 0 heterocycles. The van der Waals surface area contributed by atoms with Gasteiger partial charge in [0.1, 0.15) is 5.75 Å². The lowest BCUT2D eigenvalue weighted by atomic mass is 10.2. The summed E-state index contributed by atoms with van der Waals surface area (Å²) < 4.78 is 26.8. The fraction of sp³-hybridized carbons (Fsp3) is 0.143. The van der Waals surface area contributed by atoms with Gasteiger partial charge in [-0.1, -0.05) is 30.3 Å². The summed E-state index contributed by atoms with van der Waals surface area (Å²) in [4.78, 5) is 0.182. The second-order valence-electron chi connectivity index (χ2n) is 4.26. The van der Waals surface area contributed by atoms with Gasteiger partial charge in [0.05, 0.1) is 4.90 Å². The summed E-state index contributed by atoms with van der Waals surface area (Å²) in [5, 5.41) is 9.30. The molecule has 5 heteroatoms. The Morgan fingerprint density at radius 3 is 2.42 bits per heavy atom. The zero-order chi connectivity index (χ0) is 13.9. The number of nitrogens with one attached hydrogen (secondary N) is 1. The SMILES string of the molecule is Cc1cc(O)ccc1S(=O)(=O)NCc1ccccc1. The molecular formula is C14H15NO3S. The number of phenolic OH excluding ortho intramolecular Hbond substituents is 1. The Morgan fingerprint density at radius 1 is 1.11 bits per heavy atom. The van der Waals surface area contributed by atoms with Crippen LogP contribution in [0.1, 0.15) is 11.1 Å². The molecule has 0 atom stereocenters. The predicted molar refractivity (Wildman–Crippen MR) is 73.3 cm³/mol. The summed E-state index contributed by atoms with van der Waals surface area (Å²) in [6, 6.07) is 13.5. The third-order valence-electron chi connectivity index (χ3n) is 2.76. The van der Waals surface area contributed by atoms with Crippen molar-refractivity contribution in [2.45, 2.75) is 18.4 Å². The molecule has 2 N–H and O–H groups in total. The van der Waals surface area contributed by atoms with Crippen molar-refractivity contribution in [1.82, 2.24) is 4.72 Å². The van der Waals surface area contributed by atoms with Crippen molar-refractivity contribution in [1.29, 1.82) is 0 Å². The molecule has 19 heavy (non-hydrogen) atoms. The van der Waals surface area contributed by atoms with Crippen molar-refractivity contribution in [2.75, 3.05) is 0 Å². The number of sulfonamides is 1. The highest BCUT2D eigenvalue weighted by Crippen LogP contribution is 2.20. The van der Waals surface area contributed by atoms with Gasteiger partial charge in [-0.3, -0.25) is 0 Å². The average Bonchev–Trinajstić information content (AvgIpc) is 2.37. The summed E-state index contributed by atoms with van der Waals surface area (Å²) >= 11 is 0. The molecule has 0 saturated heterocycles. The lowest BCUT2D eigenvalue weighted by Gasteiger charge is -2.09. The van der Waals surface area contributed by atoms with Gasteiger partial charge in [0.15, 0.2) is 0 Å². The highest BCUT2D eigenvalue weighted by atomic mass is 32.2. The van der Waals surface area contributed by atoms with Gasteiger partial charge in [-0.25, -0.2) is 13.1 Å². The molecule has 100 valence electrons. The Kier molecular flexibility index (Phi) is 3.87. The molecule has 4 nitrogen and oxygen atoms in total. The first-order valence-electron chi connectivity index (χ1n) is 5.82. The first kappa shape index (κ1) is 13.6. The third kappa shape index (κ3) is 3.33. The van der Waals surface area contributed by atoms with Gasteiger partial charge in [0.25, 0.3) is 0 Å². The largest absolute Gasteiger partial charge is 0.508 e. The Morgan fingerprint density at radius 2 is 1.79 bits per heavy atom. The molecule has 0 unspecified atom stereocenters. The van der Waals surface area contributed by atoms with E-state index >= 15 is 0 Å². The summed E-state index contributed by atoms with van der Waals surface area (Å²) in [7, 11) is -3.57. The van der Waals surface area contributed by atoms with Crippen LogP contribution in [0.5, 0.6) is 5.75 Å². The molecule has 0 bridgehead atoms. The van der Waals surface area contributed by atoms with Crippen LogP contribution < -0.4 is 4.72 Å². The van der Waals surface area contributed by atoms with Crippen LogP contribution in [0.25, 0.3) is 0 Å². The van der Waals surface area contributed by atoms with Crippen molar-refractivity contribution in [3.05, 3.63) is 59.7 Å². The van der Waals surface area contributed by atoms with E-state index < -0.39 is 10.0 Å². The van der Waals surface area contributed by atoms with Crippen LogP contribution in [-0.2, 0) is 16.6 Å². The van der Waals surface area contributed by atoms with Crippen molar-refractivity contribution < 1.29 is 13.5 Å². The van der Waals surface area contributed by atoms with Crippen LogP contribution in [-0.4, -0.2) is 13.5 Å². The Bertz CT molecular complexity index is 666. The number of aromatic hydroxyl groups is 1. The maximum atomic E-state index is 12.1. The van der Waals surface area contributed by atoms with Gasteiger partial charge in [-0.15, -0.1) is 0 Å². The molecule has 0 saturated carbocycles. The number of rotatable bonds is 4. The summed E-state index contributed by atoms with van der Waals surface area (Å²) in [6.07, 6.45) is 0. The van der Waals surface area contributed by atoms with E-state index in [9.17, 15) is 13.5 Å². The van der Waals surface area contributed by atoms with Crippen LogP contribution in [0, 0.1) is 6.92 Å². The van der Waals surface area contributed by atoms with E-state index in [1.165, 1.54) is 18.2 Å². The third-order valence-corrected chi connectivity index (χ3v) is 4.32. The van der Waals surface area contributed by atoms with Crippen molar-refractivity contribution in [3.8, 4) is 5.75 Å². The van der Waals surface area contributed by atoms with E-state index in [2.05, 4.69) is 4.72 Å². The standard InChI is InChI=1S/C14H15NO3S/c1-11-9-13(16)7-8-14(11)19(17,18)15-10-12-5-3-2-4-6-12/h2-9,15-16H,10H2,1H3. The predicted octanol–water partition coefficient (Wildman–Crippen LogP) is 2.18. The smallest absolute Gasteiger partial charge is 0.241 e. The molecule has 0 amide bonds. The zero-order valence-electron chi connectivity index (χ0n) is 10.5. The summed E-state index contributed by atoms with van der Waals surface area (Å²) in [5.74, 6) is 0.0551. The molecule has 0 aliphatic carbocycles. The number of hydrogen-bond donors (Lipinski definition) is 2. The van der Waals surface area contributed by atoms with Crippen LogP contribution >= 0.6 is 0 Å². The Hall–Kier alpha value is -1.85. The Labute approximate surface area is 112 Å². The van der Waals surface area contributed by atoms with Crippen molar-refractivity contribution in [3.63, 3.8) is 0 Å². The maximum Gasteiger partial charge on any atom is 0.241 e. The molecule has 2 aromatic carbocycles. The van der Waals surface area contributed by atoms with Gasteiger partial charge in [-0.05, 0) is 36.2 Å². The van der Waals surface area contributed by atoms with Crippen molar-refractivity contribution >= 4 is 10.0 Å². The van der Waals surface area contributed by atoms with Gasteiger partial charge in [0.2, 0.25) is 10.0 Å². The summed E-state index contributed by atoms with van der Waals surface area (Å²) in [6.45, 7) is 1.89. The second kappa shape index (κ2) is 5.42. The molecule has 0 aromatic heterocycles. The van der Waals surface area contributed by atoms with Crippen LogP contribution in [0.3, 0.4) is 0 Å². The molecule has 2 rings (SSSR count). The van der Waals surface area contributed by atoms with Crippen LogP contribution in [0.2, 0.25) is 0 Å². The molecule has 0 fully saturated rings. The minimum atomic E-state index is -3.57. The van der Waals surface area contributed by atoms with E-state index in [-0.39, 0.29) is 17.2 Å². The number of benzene rings is 2. The molecule has 0 aliphatic rings. The van der Waals surface area contributed by atoms with Crippen LogP contribution in [0.15, 0.2) is 53.4 Å². The lowest BCUT2D eigenvalue weighted by molar-refractivity contribution is 0.474. The minimum absolute atomic E-state index is 0.0551. The highest BCUT2D eigenvalue weighted by molar-refractivity contribution is 7.89. The van der Waals surface area contributed by atoms with E-state index in [0.717, 1.165) is 5.56 Å². The van der Waals surface area contributed by atoms with Crippen LogP contribution in [0.4, 0.5) is 0 Å².